The number of nitrogens with zero attached hydrogens (tertiary/aromatic N) is 1. The molecule has 0 saturated heterocycles. The van der Waals surface area contributed by atoms with Crippen LogP contribution in [0.25, 0.3) is 0 Å². The van der Waals surface area contributed by atoms with Crippen molar-refractivity contribution in [2.45, 2.75) is 111 Å². The van der Waals surface area contributed by atoms with Gasteiger partial charge in [-0.1, -0.05) is 47.0 Å². The van der Waals surface area contributed by atoms with Crippen LogP contribution < -0.4 is 0 Å². The molecule has 1 nitrogen and oxygen atoms in total. The maximum absolute atomic E-state index is 8.93. The molecule has 0 aromatic carbocycles. The monoisotopic (exact) mass is 383 g/mol. The number of fused-ring (bicyclic) bond motifs is 5. The lowest BCUT2D eigenvalue weighted by Gasteiger charge is -2.63. The zero-order valence-electron chi connectivity index (χ0n) is 19.2. The zero-order valence-corrected chi connectivity index (χ0v) is 19.2. The Bertz CT molecular complexity index is 590. The van der Waals surface area contributed by atoms with Crippen molar-refractivity contribution < 1.29 is 0 Å². The normalized spacial score (nSPS) is 48.8. The van der Waals surface area contributed by atoms with Crippen molar-refractivity contribution in [3.8, 4) is 6.07 Å². The van der Waals surface area contributed by atoms with E-state index in [0.29, 0.717) is 10.8 Å². The quantitative estimate of drug-likeness (QED) is 0.441. The topological polar surface area (TPSA) is 23.8 Å². The SMILES string of the molecule is CC[C@H]1CC2C3CC[C@H]([C@H](C)CCCC#N)[C@@]3(C)CCC2[C@@]2(C)CCCC[C@@H]12. The third-order valence-electron chi connectivity index (χ3n) is 11.0. The molecule has 0 radical (unpaired) electrons. The van der Waals surface area contributed by atoms with Crippen molar-refractivity contribution in [2.75, 3.05) is 0 Å². The fourth-order valence-corrected chi connectivity index (χ4v) is 9.70. The first kappa shape index (κ1) is 20.8. The van der Waals surface area contributed by atoms with Crippen LogP contribution in [-0.2, 0) is 0 Å². The van der Waals surface area contributed by atoms with Gasteiger partial charge in [0.1, 0.15) is 0 Å². The summed E-state index contributed by atoms with van der Waals surface area (Å²) in [5.74, 6) is 6.77. The highest BCUT2D eigenvalue weighted by molar-refractivity contribution is 5.10. The van der Waals surface area contributed by atoms with E-state index in [1.807, 2.05) is 0 Å². The molecule has 4 aliphatic rings. The van der Waals surface area contributed by atoms with Crippen molar-refractivity contribution in [3.05, 3.63) is 0 Å². The second-order valence-corrected chi connectivity index (χ2v) is 11.9. The van der Waals surface area contributed by atoms with Gasteiger partial charge in [0.2, 0.25) is 0 Å². The second-order valence-electron chi connectivity index (χ2n) is 11.9. The van der Waals surface area contributed by atoms with Crippen LogP contribution in [0.15, 0.2) is 0 Å². The van der Waals surface area contributed by atoms with E-state index in [2.05, 4.69) is 33.8 Å². The molecular weight excluding hydrogens is 338 g/mol. The average Bonchev–Trinajstić information content (AvgIpc) is 3.04. The van der Waals surface area contributed by atoms with Gasteiger partial charge >= 0.3 is 0 Å². The first-order valence-corrected chi connectivity index (χ1v) is 12.8. The molecule has 0 bridgehead atoms. The van der Waals surface area contributed by atoms with Crippen LogP contribution in [0.3, 0.4) is 0 Å². The predicted molar refractivity (Wildman–Crippen MR) is 118 cm³/mol. The summed E-state index contributed by atoms with van der Waals surface area (Å²) in [6.45, 7) is 10.4. The van der Waals surface area contributed by atoms with Crippen molar-refractivity contribution in [3.63, 3.8) is 0 Å². The number of rotatable bonds is 5. The summed E-state index contributed by atoms with van der Waals surface area (Å²) < 4.78 is 0. The van der Waals surface area contributed by atoms with Gasteiger partial charge in [-0.2, -0.15) is 5.26 Å². The van der Waals surface area contributed by atoms with Gasteiger partial charge in [-0.3, -0.25) is 0 Å². The van der Waals surface area contributed by atoms with Crippen LogP contribution in [0.2, 0.25) is 0 Å². The lowest BCUT2D eigenvalue weighted by Crippen LogP contribution is -2.55. The summed E-state index contributed by atoms with van der Waals surface area (Å²) in [6, 6.07) is 2.36. The molecule has 0 N–H and O–H groups in total. The molecule has 4 rings (SSSR count). The molecule has 0 heterocycles. The third kappa shape index (κ3) is 3.17. The standard InChI is InChI=1S/C27H45N/c1-5-20-18-21-24-13-12-22(19(2)10-7-9-17-28)27(24,4)16-14-25(21)26(3)15-8-6-11-23(20)26/h19-25H,5-16,18H2,1-4H3/t19-,20+,21?,22-,23+,24?,25?,26+,27-/m1/s1. The Morgan fingerprint density at radius 2 is 1.75 bits per heavy atom. The largest absolute Gasteiger partial charge is 0.198 e. The molecule has 4 fully saturated rings. The maximum atomic E-state index is 8.93. The van der Waals surface area contributed by atoms with Gasteiger partial charge in [-0.15, -0.1) is 0 Å². The van der Waals surface area contributed by atoms with E-state index < -0.39 is 0 Å². The van der Waals surface area contributed by atoms with Gasteiger partial charge in [0.25, 0.3) is 0 Å². The molecule has 0 aliphatic heterocycles. The predicted octanol–water partition coefficient (Wildman–Crippen LogP) is 8.00. The molecule has 0 aromatic heterocycles. The van der Waals surface area contributed by atoms with E-state index in [1.54, 1.807) is 6.42 Å². The fourth-order valence-electron chi connectivity index (χ4n) is 9.70. The molecule has 4 saturated carbocycles. The Morgan fingerprint density at radius 3 is 2.50 bits per heavy atom. The Kier molecular flexibility index (Phi) is 5.90. The number of unbranched alkanes of at least 4 members (excludes halogenated alkanes) is 1. The molecule has 9 atom stereocenters. The van der Waals surface area contributed by atoms with Gasteiger partial charge in [-0.25, -0.2) is 0 Å². The molecule has 0 spiro atoms. The van der Waals surface area contributed by atoms with E-state index in [4.69, 9.17) is 5.26 Å². The molecule has 1 heteroatoms. The second kappa shape index (κ2) is 7.96. The smallest absolute Gasteiger partial charge is 0.0621 e. The van der Waals surface area contributed by atoms with Gasteiger partial charge < -0.3 is 0 Å². The summed E-state index contributed by atoms with van der Waals surface area (Å²) in [5, 5.41) is 8.93. The Morgan fingerprint density at radius 1 is 0.964 bits per heavy atom. The first-order chi connectivity index (χ1) is 13.5. The Labute approximate surface area is 175 Å². The first-order valence-electron chi connectivity index (χ1n) is 12.8. The summed E-state index contributed by atoms with van der Waals surface area (Å²) in [5.41, 5.74) is 1.24. The lowest BCUT2D eigenvalue weighted by atomic mass is 9.42. The Hall–Kier alpha value is -0.510. The van der Waals surface area contributed by atoms with Crippen LogP contribution in [0, 0.1) is 63.6 Å². The highest BCUT2D eigenvalue weighted by atomic mass is 14.7. The minimum absolute atomic E-state index is 0.587. The minimum Gasteiger partial charge on any atom is -0.198 e. The molecule has 0 aromatic rings. The third-order valence-corrected chi connectivity index (χ3v) is 11.0. The van der Waals surface area contributed by atoms with Crippen molar-refractivity contribution >= 4 is 0 Å². The maximum Gasteiger partial charge on any atom is 0.0621 e. The zero-order chi connectivity index (χ0) is 19.9. The summed E-state index contributed by atoms with van der Waals surface area (Å²) in [4.78, 5) is 0. The van der Waals surface area contributed by atoms with Crippen LogP contribution in [0.5, 0.6) is 0 Å². The van der Waals surface area contributed by atoms with Gasteiger partial charge in [0.05, 0.1) is 6.07 Å². The summed E-state index contributed by atoms with van der Waals surface area (Å²) in [6.07, 6.45) is 18.1. The molecular formula is C27H45N. The number of hydrogen-bond donors (Lipinski definition) is 0. The van der Waals surface area contributed by atoms with Gasteiger partial charge in [0.15, 0.2) is 0 Å². The van der Waals surface area contributed by atoms with E-state index >= 15 is 0 Å². The van der Waals surface area contributed by atoms with Crippen molar-refractivity contribution in [1.82, 2.24) is 0 Å². The van der Waals surface area contributed by atoms with Crippen LogP contribution in [0.4, 0.5) is 0 Å². The highest BCUT2D eigenvalue weighted by Gasteiger charge is 2.61. The van der Waals surface area contributed by atoms with Gasteiger partial charge in [-0.05, 0) is 110 Å². The fraction of sp³-hybridized carbons (Fsp3) is 0.963. The average molecular weight is 384 g/mol. The number of hydrogen-bond acceptors (Lipinski definition) is 1. The lowest BCUT2D eigenvalue weighted by molar-refractivity contribution is -0.138. The molecule has 158 valence electrons. The van der Waals surface area contributed by atoms with E-state index in [0.717, 1.165) is 54.3 Å². The summed E-state index contributed by atoms with van der Waals surface area (Å²) >= 11 is 0. The van der Waals surface area contributed by atoms with Crippen molar-refractivity contribution in [1.29, 1.82) is 5.26 Å². The molecule has 28 heavy (non-hydrogen) atoms. The van der Waals surface area contributed by atoms with Crippen LogP contribution in [0.1, 0.15) is 111 Å². The van der Waals surface area contributed by atoms with Gasteiger partial charge in [0, 0.05) is 6.42 Å². The molecule has 3 unspecified atom stereocenters. The van der Waals surface area contributed by atoms with Crippen molar-refractivity contribution in [2.24, 2.45) is 52.3 Å². The summed E-state index contributed by atoms with van der Waals surface area (Å²) in [7, 11) is 0. The van der Waals surface area contributed by atoms with Crippen LogP contribution >= 0.6 is 0 Å². The van der Waals surface area contributed by atoms with Crippen LogP contribution in [-0.4, -0.2) is 0 Å². The minimum atomic E-state index is 0.587. The highest BCUT2D eigenvalue weighted by Crippen LogP contribution is 2.69. The number of nitriles is 1. The van der Waals surface area contributed by atoms with E-state index in [-0.39, 0.29) is 0 Å². The molecule has 4 aliphatic carbocycles. The molecule has 0 amide bonds. The van der Waals surface area contributed by atoms with E-state index in [9.17, 15) is 0 Å². The Balaban J connectivity index is 1.55. The van der Waals surface area contributed by atoms with E-state index in [1.165, 1.54) is 64.2 Å².